The first-order valence-corrected chi connectivity index (χ1v) is 10.8. The number of nitrogen functional groups attached to an aromatic ring is 1. The molecule has 12 heteroatoms. The van der Waals surface area contributed by atoms with E-state index in [0.717, 1.165) is 0 Å². The second-order valence-electron chi connectivity index (χ2n) is 5.68. The SMILES string of the molecule is CCOP(=O)(COCCCn1cnc2c(OCCOC)nc(N)nc21)OCC. The van der Waals surface area contributed by atoms with Crippen molar-refractivity contribution in [1.29, 1.82) is 0 Å². The van der Waals surface area contributed by atoms with Crippen LogP contribution in [0, 0.1) is 0 Å². The molecule has 0 unspecified atom stereocenters. The quantitative estimate of drug-likeness (QED) is 0.360. The Hall–Kier alpha value is -1.78. The fourth-order valence-corrected chi connectivity index (χ4v) is 3.80. The fourth-order valence-electron chi connectivity index (χ4n) is 2.44. The van der Waals surface area contributed by atoms with Crippen LogP contribution in [0.25, 0.3) is 11.2 Å². The van der Waals surface area contributed by atoms with Crippen LogP contribution in [-0.4, -0.2) is 66.0 Å². The summed E-state index contributed by atoms with van der Waals surface area (Å²) in [5.74, 6) is 0.427. The van der Waals surface area contributed by atoms with Crippen molar-refractivity contribution in [2.24, 2.45) is 0 Å². The molecule has 0 spiro atoms. The Kier molecular flexibility index (Phi) is 9.07. The van der Waals surface area contributed by atoms with E-state index in [1.165, 1.54) is 0 Å². The highest BCUT2D eigenvalue weighted by Crippen LogP contribution is 2.47. The molecule has 0 amide bonds. The Labute approximate surface area is 164 Å². The summed E-state index contributed by atoms with van der Waals surface area (Å²) in [5, 5.41) is 0. The van der Waals surface area contributed by atoms with Crippen molar-refractivity contribution < 1.29 is 27.8 Å². The Balaban J connectivity index is 1.91. The second-order valence-corrected chi connectivity index (χ2v) is 7.67. The zero-order valence-electron chi connectivity index (χ0n) is 16.5. The third-order valence-corrected chi connectivity index (χ3v) is 5.37. The lowest BCUT2D eigenvalue weighted by Gasteiger charge is -2.16. The molecule has 0 aliphatic carbocycles. The highest BCUT2D eigenvalue weighted by molar-refractivity contribution is 7.53. The predicted molar refractivity (Wildman–Crippen MR) is 103 cm³/mol. The molecule has 2 N–H and O–H groups in total. The molecule has 28 heavy (non-hydrogen) atoms. The molecule has 2 aromatic rings. The molecular formula is C16H28N5O6P. The van der Waals surface area contributed by atoms with Crippen LogP contribution in [0.1, 0.15) is 20.3 Å². The lowest BCUT2D eigenvalue weighted by Crippen LogP contribution is -2.09. The van der Waals surface area contributed by atoms with Gasteiger partial charge in [0.25, 0.3) is 0 Å². The van der Waals surface area contributed by atoms with Gasteiger partial charge >= 0.3 is 7.60 Å². The molecule has 11 nitrogen and oxygen atoms in total. The van der Waals surface area contributed by atoms with E-state index < -0.39 is 7.60 Å². The van der Waals surface area contributed by atoms with Gasteiger partial charge in [-0.05, 0) is 20.3 Å². The second kappa shape index (κ2) is 11.3. The Morgan fingerprint density at radius 2 is 1.89 bits per heavy atom. The van der Waals surface area contributed by atoms with Crippen LogP contribution >= 0.6 is 7.60 Å². The van der Waals surface area contributed by atoms with Gasteiger partial charge in [0.15, 0.2) is 11.2 Å². The minimum Gasteiger partial charge on any atom is -0.474 e. The summed E-state index contributed by atoms with van der Waals surface area (Å²) in [7, 11) is -1.60. The van der Waals surface area contributed by atoms with Gasteiger partial charge in [0.1, 0.15) is 13.0 Å². The normalized spacial score (nSPS) is 12.0. The number of hydrogen-bond acceptors (Lipinski definition) is 10. The first-order chi connectivity index (χ1) is 13.5. The number of nitrogens with two attached hydrogens (primary N) is 1. The molecule has 0 radical (unpaired) electrons. The maximum absolute atomic E-state index is 12.3. The molecule has 0 aliphatic rings. The maximum atomic E-state index is 12.3. The monoisotopic (exact) mass is 417 g/mol. The molecule has 0 aliphatic heterocycles. The van der Waals surface area contributed by atoms with E-state index in [1.54, 1.807) is 27.3 Å². The fraction of sp³-hybridized carbons (Fsp3) is 0.688. The van der Waals surface area contributed by atoms with Gasteiger partial charge in [-0.1, -0.05) is 0 Å². The van der Waals surface area contributed by atoms with Gasteiger partial charge in [-0.25, -0.2) is 4.98 Å². The van der Waals surface area contributed by atoms with E-state index in [9.17, 15) is 4.57 Å². The number of fused-ring (bicyclic) bond motifs is 1. The number of methoxy groups -OCH3 is 1. The number of anilines is 1. The van der Waals surface area contributed by atoms with Crippen molar-refractivity contribution >= 4 is 24.7 Å². The minimum atomic E-state index is -3.19. The Morgan fingerprint density at radius 1 is 1.14 bits per heavy atom. The van der Waals surface area contributed by atoms with Crippen LogP contribution < -0.4 is 10.5 Å². The molecule has 158 valence electrons. The average molecular weight is 417 g/mol. The van der Waals surface area contributed by atoms with Crippen molar-refractivity contribution in [2.45, 2.75) is 26.8 Å². The van der Waals surface area contributed by atoms with Crippen LogP contribution in [0.3, 0.4) is 0 Å². The van der Waals surface area contributed by atoms with Gasteiger partial charge in [0.05, 0.1) is 26.1 Å². The highest BCUT2D eigenvalue weighted by atomic mass is 31.2. The molecule has 0 saturated carbocycles. The number of aryl methyl sites for hydroxylation is 1. The lowest BCUT2D eigenvalue weighted by atomic mass is 10.4. The van der Waals surface area contributed by atoms with Crippen LogP contribution in [0.5, 0.6) is 5.88 Å². The number of aromatic nitrogens is 4. The third-order valence-electron chi connectivity index (χ3n) is 3.56. The van der Waals surface area contributed by atoms with Gasteiger partial charge in [-0.15, -0.1) is 0 Å². The van der Waals surface area contributed by atoms with Gasteiger partial charge in [-0.3, -0.25) is 4.57 Å². The highest BCUT2D eigenvalue weighted by Gasteiger charge is 2.23. The van der Waals surface area contributed by atoms with Crippen molar-refractivity contribution in [3.8, 4) is 5.88 Å². The van der Waals surface area contributed by atoms with Crippen molar-refractivity contribution in [3.63, 3.8) is 0 Å². The van der Waals surface area contributed by atoms with E-state index in [-0.39, 0.29) is 12.3 Å². The number of imidazole rings is 1. The predicted octanol–water partition coefficient (Wildman–Crippen LogP) is 2.06. The molecule has 0 saturated heterocycles. The van der Waals surface area contributed by atoms with E-state index in [1.807, 2.05) is 4.57 Å². The standard InChI is InChI=1S/C16H28N5O6P/c1-4-26-28(22,27-5-2)12-24-8-6-7-21-11-18-13-14(21)19-16(17)20-15(13)25-10-9-23-3/h11H,4-10,12H2,1-3H3,(H2,17,19,20). The van der Waals surface area contributed by atoms with Crippen LogP contribution in [0.15, 0.2) is 6.33 Å². The lowest BCUT2D eigenvalue weighted by molar-refractivity contribution is 0.128. The number of nitrogens with zero attached hydrogens (tertiary/aromatic N) is 4. The molecule has 2 aromatic heterocycles. The number of ether oxygens (including phenoxy) is 3. The van der Waals surface area contributed by atoms with E-state index in [0.29, 0.717) is 63.0 Å². The summed E-state index contributed by atoms with van der Waals surface area (Å²) in [5.41, 5.74) is 6.89. The van der Waals surface area contributed by atoms with Crippen LogP contribution in [0.2, 0.25) is 0 Å². The number of rotatable bonds is 14. The molecule has 2 rings (SSSR count). The summed E-state index contributed by atoms with van der Waals surface area (Å²) in [6.45, 7) is 5.85. The smallest absolute Gasteiger partial charge is 0.356 e. The summed E-state index contributed by atoms with van der Waals surface area (Å²) in [6.07, 6.45) is 2.21. The zero-order chi connectivity index (χ0) is 20.4. The molecule has 0 aromatic carbocycles. The number of hydrogen-bond donors (Lipinski definition) is 1. The molecular weight excluding hydrogens is 389 g/mol. The van der Waals surface area contributed by atoms with Crippen LogP contribution in [-0.2, 0) is 29.6 Å². The van der Waals surface area contributed by atoms with E-state index >= 15 is 0 Å². The topological polar surface area (TPSA) is 133 Å². The molecule has 2 heterocycles. The molecule has 0 fully saturated rings. The third kappa shape index (κ3) is 6.39. The van der Waals surface area contributed by atoms with Crippen LogP contribution in [0.4, 0.5) is 5.95 Å². The van der Waals surface area contributed by atoms with Gasteiger partial charge in [-0.2, -0.15) is 9.97 Å². The molecule has 0 bridgehead atoms. The van der Waals surface area contributed by atoms with E-state index in [2.05, 4.69) is 15.0 Å². The average Bonchev–Trinajstić information content (AvgIpc) is 3.05. The van der Waals surface area contributed by atoms with E-state index in [4.69, 9.17) is 29.0 Å². The summed E-state index contributed by atoms with van der Waals surface area (Å²) >= 11 is 0. The summed E-state index contributed by atoms with van der Waals surface area (Å²) in [4.78, 5) is 12.6. The Bertz CT molecular complexity index is 776. The van der Waals surface area contributed by atoms with Gasteiger partial charge < -0.3 is 33.6 Å². The minimum absolute atomic E-state index is 0.0774. The summed E-state index contributed by atoms with van der Waals surface area (Å²) < 4.78 is 40.5. The maximum Gasteiger partial charge on any atom is 0.356 e. The first-order valence-electron chi connectivity index (χ1n) is 9.09. The van der Waals surface area contributed by atoms with Crippen molar-refractivity contribution in [3.05, 3.63) is 6.33 Å². The first kappa shape index (κ1) is 22.5. The van der Waals surface area contributed by atoms with Gasteiger partial charge in [0.2, 0.25) is 11.8 Å². The molecule has 0 atom stereocenters. The largest absolute Gasteiger partial charge is 0.474 e. The van der Waals surface area contributed by atoms with Crippen molar-refractivity contribution in [1.82, 2.24) is 19.5 Å². The van der Waals surface area contributed by atoms with Gasteiger partial charge in [0, 0.05) is 20.3 Å². The Morgan fingerprint density at radius 3 is 2.57 bits per heavy atom. The summed E-state index contributed by atoms with van der Waals surface area (Å²) in [6, 6.07) is 0. The van der Waals surface area contributed by atoms with Crippen molar-refractivity contribution in [2.75, 3.05) is 52.2 Å². The zero-order valence-corrected chi connectivity index (χ0v) is 17.4.